The molecule has 0 saturated heterocycles. The Kier molecular flexibility index (Phi) is 8.72. The summed E-state index contributed by atoms with van der Waals surface area (Å²) < 4.78 is 37.5. The fourth-order valence-electron chi connectivity index (χ4n) is 2.94. The van der Waals surface area contributed by atoms with Gasteiger partial charge in [-0.05, 0) is 84.4 Å². The van der Waals surface area contributed by atoms with Crippen LogP contribution in [0.4, 0.5) is 5.69 Å². The van der Waals surface area contributed by atoms with Gasteiger partial charge in [-0.3, -0.25) is 4.79 Å². The third-order valence-electron chi connectivity index (χ3n) is 4.63. The molecule has 0 saturated carbocycles. The van der Waals surface area contributed by atoms with Crippen LogP contribution in [0, 0.1) is 18.3 Å². The molecule has 0 unspecified atom stereocenters. The molecule has 0 bridgehead atoms. The van der Waals surface area contributed by atoms with Crippen molar-refractivity contribution in [2.75, 3.05) is 11.9 Å². The molecule has 10 heteroatoms. The SMILES string of the molecule is CCOc1ccc(NC(=O)/C(C#N)=C/c2cc(Br)cc(Br)c2OS(=O)(=O)c2ccc(C)cc2)cc1. The number of amides is 1. The van der Waals surface area contributed by atoms with Crippen LogP contribution < -0.4 is 14.2 Å². The van der Waals surface area contributed by atoms with Gasteiger partial charge in [-0.1, -0.05) is 33.6 Å². The number of nitrogens with one attached hydrogen (secondary N) is 1. The normalized spacial score (nSPS) is 11.5. The van der Waals surface area contributed by atoms with Gasteiger partial charge in [0.2, 0.25) is 0 Å². The number of carbonyl (C=O) groups is 1. The van der Waals surface area contributed by atoms with E-state index in [-0.39, 0.29) is 21.8 Å². The molecule has 0 atom stereocenters. The van der Waals surface area contributed by atoms with Gasteiger partial charge in [0.1, 0.15) is 22.3 Å². The number of anilines is 1. The van der Waals surface area contributed by atoms with E-state index in [0.717, 1.165) is 5.56 Å². The molecule has 0 radical (unpaired) electrons. The molecule has 0 aliphatic rings. The van der Waals surface area contributed by atoms with E-state index in [9.17, 15) is 18.5 Å². The van der Waals surface area contributed by atoms with Gasteiger partial charge in [0.15, 0.2) is 5.75 Å². The van der Waals surface area contributed by atoms with Crippen LogP contribution in [0.15, 0.2) is 80.1 Å². The zero-order valence-electron chi connectivity index (χ0n) is 18.7. The zero-order valence-corrected chi connectivity index (χ0v) is 22.7. The van der Waals surface area contributed by atoms with Crippen LogP contribution in [-0.2, 0) is 14.9 Å². The number of benzene rings is 3. The monoisotopic (exact) mass is 618 g/mol. The first-order chi connectivity index (χ1) is 16.6. The Morgan fingerprint density at radius 3 is 2.34 bits per heavy atom. The van der Waals surface area contributed by atoms with E-state index in [2.05, 4.69) is 37.2 Å². The predicted octanol–water partition coefficient (Wildman–Crippen LogP) is 6.23. The average Bonchev–Trinajstić information content (AvgIpc) is 2.81. The first kappa shape index (κ1) is 26.5. The molecule has 3 rings (SSSR count). The molecule has 0 aromatic heterocycles. The van der Waals surface area contributed by atoms with E-state index in [0.29, 0.717) is 27.0 Å². The Labute approximate surface area is 220 Å². The number of nitrogens with zero attached hydrogens (tertiary/aromatic N) is 1. The van der Waals surface area contributed by atoms with Gasteiger partial charge in [-0.2, -0.15) is 13.7 Å². The van der Waals surface area contributed by atoms with E-state index in [1.807, 2.05) is 19.9 Å². The number of aryl methyl sites for hydroxylation is 1. The molecule has 0 fully saturated rings. The van der Waals surface area contributed by atoms with Crippen molar-refractivity contribution in [3.63, 3.8) is 0 Å². The summed E-state index contributed by atoms with van der Waals surface area (Å²) in [5.74, 6) is -0.0763. The Morgan fingerprint density at radius 2 is 1.74 bits per heavy atom. The Morgan fingerprint density at radius 1 is 1.09 bits per heavy atom. The fraction of sp³-hybridized carbons (Fsp3) is 0.120. The van der Waals surface area contributed by atoms with Crippen molar-refractivity contribution in [2.45, 2.75) is 18.7 Å². The van der Waals surface area contributed by atoms with Gasteiger partial charge in [0.25, 0.3) is 5.91 Å². The number of ether oxygens (including phenoxy) is 1. The number of carbonyl (C=O) groups excluding carboxylic acids is 1. The summed E-state index contributed by atoms with van der Waals surface area (Å²) in [4.78, 5) is 12.7. The van der Waals surface area contributed by atoms with Crippen molar-refractivity contribution in [2.24, 2.45) is 0 Å². The number of hydrogen-bond acceptors (Lipinski definition) is 6. The van der Waals surface area contributed by atoms with E-state index >= 15 is 0 Å². The third kappa shape index (κ3) is 6.94. The minimum Gasteiger partial charge on any atom is -0.494 e. The highest BCUT2D eigenvalue weighted by Crippen LogP contribution is 2.36. The Bertz CT molecular complexity index is 1410. The molecular formula is C25H20Br2N2O5S. The second-order valence-corrected chi connectivity index (χ2v) is 10.6. The molecule has 0 aliphatic heterocycles. The molecular weight excluding hydrogens is 600 g/mol. The van der Waals surface area contributed by atoms with Crippen molar-refractivity contribution in [3.05, 3.63) is 86.3 Å². The lowest BCUT2D eigenvalue weighted by Crippen LogP contribution is -2.14. The summed E-state index contributed by atoms with van der Waals surface area (Å²) in [6.45, 7) is 4.22. The third-order valence-corrected chi connectivity index (χ3v) is 6.91. The number of rotatable bonds is 8. The van der Waals surface area contributed by atoms with Gasteiger partial charge in [0, 0.05) is 15.7 Å². The molecule has 0 heterocycles. The molecule has 0 aliphatic carbocycles. The van der Waals surface area contributed by atoms with Gasteiger partial charge in [-0.15, -0.1) is 0 Å². The molecule has 180 valence electrons. The van der Waals surface area contributed by atoms with Crippen LogP contribution in [0.5, 0.6) is 11.5 Å². The van der Waals surface area contributed by atoms with Crippen LogP contribution >= 0.6 is 31.9 Å². The molecule has 3 aromatic carbocycles. The Balaban J connectivity index is 1.94. The molecule has 0 spiro atoms. The Hall–Kier alpha value is -3.13. The van der Waals surface area contributed by atoms with Crippen molar-refractivity contribution >= 4 is 59.6 Å². The van der Waals surface area contributed by atoms with Crippen LogP contribution in [-0.4, -0.2) is 20.9 Å². The maximum absolute atomic E-state index is 12.9. The predicted molar refractivity (Wildman–Crippen MR) is 141 cm³/mol. The van der Waals surface area contributed by atoms with E-state index < -0.39 is 16.0 Å². The lowest BCUT2D eigenvalue weighted by molar-refractivity contribution is -0.112. The standard InChI is InChI=1S/C25H20Br2N2O5S/c1-3-33-21-8-6-20(7-9-21)29-25(30)18(15-28)12-17-13-19(26)14-23(27)24(17)34-35(31,32)22-10-4-16(2)5-11-22/h4-14H,3H2,1-2H3,(H,29,30)/b18-12+. The minimum absolute atomic E-state index is 0.0263. The van der Waals surface area contributed by atoms with Crippen LogP contribution in [0.1, 0.15) is 18.1 Å². The van der Waals surface area contributed by atoms with Gasteiger partial charge in [-0.25, -0.2) is 0 Å². The molecule has 35 heavy (non-hydrogen) atoms. The molecule has 1 amide bonds. The van der Waals surface area contributed by atoms with Crippen LogP contribution in [0.3, 0.4) is 0 Å². The maximum Gasteiger partial charge on any atom is 0.339 e. The van der Waals surface area contributed by atoms with E-state index in [1.54, 1.807) is 48.5 Å². The first-order valence-corrected chi connectivity index (χ1v) is 13.3. The summed E-state index contributed by atoms with van der Waals surface area (Å²) >= 11 is 6.66. The number of halogens is 2. The van der Waals surface area contributed by atoms with Crippen molar-refractivity contribution in [1.82, 2.24) is 0 Å². The van der Waals surface area contributed by atoms with E-state index in [4.69, 9.17) is 8.92 Å². The van der Waals surface area contributed by atoms with Gasteiger partial charge < -0.3 is 14.2 Å². The molecule has 7 nitrogen and oxygen atoms in total. The highest BCUT2D eigenvalue weighted by Gasteiger charge is 2.22. The lowest BCUT2D eigenvalue weighted by Gasteiger charge is -2.13. The second-order valence-electron chi connectivity index (χ2n) is 7.24. The molecule has 3 aromatic rings. The van der Waals surface area contributed by atoms with Crippen LogP contribution in [0.25, 0.3) is 6.08 Å². The first-order valence-electron chi connectivity index (χ1n) is 10.3. The van der Waals surface area contributed by atoms with Crippen molar-refractivity contribution in [1.29, 1.82) is 5.26 Å². The largest absolute Gasteiger partial charge is 0.494 e. The summed E-state index contributed by atoms with van der Waals surface area (Å²) in [6, 6.07) is 17.9. The summed E-state index contributed by atoms with van der Waals surface area (Å²) in [5.41, 5.74) is 1.32. The summed E-state index contributed by atoms with van der Waals surface area (Å²) in [6.07, 6.45) is 1.26. The zero-order chi connectivity index (χ0) is 25.6. The summed E-state index contributed by atoms with van der Waals surface area (Å²) in [5, 5.41) is 12.3. The number of hydrogen-bond donors (Lipinski definition) is 1. The van der Waals surface area contributed by atoms with Crippen LogP contribution in [0.2, 0.25) is 0 Å². The maximum atomic E-state index is 12.9. The average molecular weight is 620 g/mol. The highest BCUT2D eigenvalue weighted by molar-refractivity contribution is 9.11. The lowest BCUT2D eigenvalue weighted by atomic mass is 10.1. The number of nitriles is 1. The smallest absolute Gasteiger partial charge is 0.339 e. The topological polar surface area (TPSA) is 105 Å². The minimum atomic E-state index is -4.18. The summed E-state index contributed by atoms with van der Waals surface area (Å²) in [7, 11) is -4.18. The highest BCUT2D eigenvalue weighted by atomic mass is 79.9. The quantitative estimate of drug-likeness (QED) is 0.182. The fourth-order valence-corrected chi connectivity index (χ4v) is 5.36. The van der Waals surface area contributed by atoms with Gasteiger partial charge in [0.05, 0.1) is 11.1 Å². The van der Waals surface area contributed by atoms with Crippen molar-refractivity contribution in [3.8, 4) is 17.6 Å². The molecule has 1 N–H and O–H groups in total. The van der Waals surface area contributed by atoms with Crippen molar-refractivity contribution < 1.29 is 22.1 Å². The van der Waals surface area contributed by atoms with Gasteiger partial charge >= 0.3 is 10.1 Å². The van der Waals surface area contributed by atoms with E-state index in [1.165, 1.54) is 18.2 Å². The second kappa shape index (κ2) is 11.5.